The number of rotatable bonds is 5. The van der Waals surface area contributed by atoms with Crippen molar-refractivity contribution in [3.63, 3.8) is 0 Å². The zero-order valence-electron chi connectivity index (χ0n) is 21.8. The Hall–Kier alpha value is -2.30. The van der Waals surface area contributed by atoms with E-state index in [1.165, 1.54) is 31.4 Å². The van der Waals surface area contributed by atoms with Crippen molar-refractivity contribution in [3.05, 3.63) is 47.5 Å². The van der Waals surface area contributed by atoms with Gasteiger partial charge >= 0.3 is 11.9 Å². The second-order valence-corrected chi connectivity index (χ2v) is 11.9. The maximum absolute atomic E-state index is 12.0. The minimum Gasteiger partial charge on any atom is -0.465 e. The minimum absolute atomic E-state index is 0.0395. The monoisotopic (exact) mass is 480 g/mol. The lowest BCUT2D eigenvalue weighted by molar-refractivity contribution is -0.150. The number of carbonyl (C=O) groups excluding carboxylic acids is 2. The molecule has 190 valence electrons. The van der Waals surface area contributed by atoms with E-state index >= 15 is 0 Å². The molecule has 8 atom stereocenters. The molecule has 2 saturated carbocycles. The van der Waals surface area contributed by atoms with E-state index < -0.39 is 6.10 Å². The summed E-state index contributed by atoms with van der Waals surface area (Å²) in [5.74, 6) is 2.29. The van der Waals surface area contributed by atoms with Gasteiger partial charge in [-0.05, 0) is 79.2 Å². The summed E-state index contributed by atoms with van der Waals surface area (Å²) >= 11 is 0. The van der Waals surface area contributed by atoms with E-state index in [2.05, 4.69) is 32.9 Å². The number of esters is 2. The molecule has 1 aromatic heterocycles. The van der Waals surface area contributed by atoms with Crippen molar-refractivity contribution in [2.24, 2.45) is 34.5 Å². The van der Waals surface area contributed by atoms with E-state index in [4.69, 9.17) is 13.9 Å². The summed E-state index contributed by atoms with van der Waals surface area (Å²) in [6.07, 6.45) is 13.8. The molecule has 35 heavy (non-hydrogen) atoms. The Morgan fingerprint density at radius 1 is 1.03 bits per heavy atom. The third-order valence-electron chi connectivity index (χ3n) is 10.1. The second-order valence-electron chi connectivity index (χ2n) is 11.9. The van der Waals surface area contributed by atoms with Crippen LogP contribution in [0.4, 0.5) is 0 Å². The lowest BCUT2D eigenvalue weighted by Gasteiger charge is -2.58. The minimum atomic E-state index is -0.394. The van der Waals surface area contributed by atoms with Crippen LogP contribution in [-0.4, -0.2) is 18.0 Å². The van der Waals surface area contributed by atoms with Crippen molar-refractivity contribution in [2.45, 2.75) is 91.8 Å². The molecule has 0 saturated heterocycles. The summed E-state index contributed by atoms with van der Waals surface area (Å²) in [6, 6.07) is 3.77. The molecular formula is C30H40O5. The predicted octanol–water partition coefficient (Wildman–Crippen LogP) is 6.95. The average Bonchev–Trinajstić information content (AvgIpc) is 3.44. The van der Waals surface area contributed by atoms with Crippen LogP contribution in [0.2, 0.25) is 0 Å². The smallest absolute Gasteiger partial charge is 0.303 e. The van der Waals surface area contributed by atoms with Gasteiger partial charge in [-0.1, -0.05) is 44.1 Å². The molecule has 1 aromatic rings. The van der Waals surface area contributed by atoms with Gasteiger partial charge in [-0.3, -0.25) is 9.59 Å². The second kappa shape index (κ2) is 8.97. The Morgan fingerprint density at radius 2 is 1.80 bits per heavy atom. The first-order chi connectivity index (χ1) is 16.6. The Labute approximate surface area is 209 Å². The van der Waals surface area contributed by atoms with Crippen molar-refractivity contribution < 1.29 is 23.5 Å². The van der Waals surface area contributed by atoms with Gasteiger partial charge in [0.2, 0.25) is 0 Å². The highest BCUT2D eigenvalue weighted by molar-refractivity contribution is 5.66. The molecule has 5 nitrogen and oxygen atoms in total. The Balaban J connectivity index is 1.38. The molecule has 0 amide bonds. The molecule has 0 bridgehead atoms. The summed E-state index contributed by atoms with van der Waals surface area (Å²) in [5.41, 5.74) is 3.28. The van der Waals surface area contributed by atoms with E-state index in [0.717, 1.165) is 44.3 Å². The van der Waals surface area contributed by atoms with Gasteiger partial charge in [-0.2, -0.15) is 0 Å². The Bertz CT molecular complexity index is 1040. The zero-order valence-corrected chi connectivity index (χ0v) is 21.8. The zero-order chi connectivity index (χ0) is 25.0. The van der Waals surface area contributed by atoms with Crippen molar-refractivity contribution in [3.8, 4) is 0 Å². The normalized spacial score (nSPS) is 37.6. The summed E-state index contributed by atoms with van der Waals surface area (Å²) in [4.78, 5) is 23.5. The number of hydrogen-bond acceptors (Lipinski definition) is 5. The van der Waals surface area contributed by atoms with Crippen molar-refractivity contribution in [1.29, 1.82) is 0 Å². The highest BCUT2D eigenvalue weighted by Crippen LogP contribution is 2.66. The predicted molar refractivity (Wildman–Crippen MR) is 133 cm³/mol. The molecular weight excluding hydrogens is 440 g/mol. The third kappa shape index (κ3) is 4.09. The fourth-order valence-electron chi connectivity index (χ4n) is 8.47. The van der Waals surface area contributed by atoms with Crippen LogP contribution in [0.15, 0.2) is 46.1 Å². The number of fused-ring (bicyclic) bond motifs is 5. The van der Waals surface area contributed by atoms with Gasteiger partial charge in [0.25, 0.3) is 0 Å². The fourth-order valence-corrected chi connectivity index (χ4v) is 8.47. The van der Waals surface area contributed by atoms with Crippen molar-refractivity contribution in [1.82, 2.24) is 0 Å². The SMILES string of the molecule is CC(=O)O[C@H]1CC[C@@]2(C)C(=CC[C@@H]3[C@@H]2CC[C@]2(C)C([C@H](C)[C@H](OC(C)=O)c4ccco4)=CC[C@@H]32)C1. The largest absolute Gasteiger partial charge is 0.465 e. The molecule has 1 heterocycles. The molecule has 5 rings (SSSR count). The van der Waals surface area contributed by atoms with E-state index in [-0.39, 0.29) is 34.8 Å². The topological polar surface area (TPSA) is 65.7 Å². The van der Waals surface area contributed by atoms with E-state index in [1.54, 1.807) is 6.26 Å². The number of allylic oxidation sites excluding steroid dienone is 2. The van der Waals surface area contributed by atoms with Crippen LogP contribution < -0.4 is 0 Å². The van der Waals surface area contributed by atoms with Crippen LogP contribution in [0, 0.1) is 34.5 Å². The molecule has 4 aliphatic carbocycles. The van der Waals surface area contributed by atoms with Gasteiger partial charge in [-0.15, -0.1) is 0 Å². The quantitative estimate of drug-likeness (QED) is 0.337. The van der Waals surface area contributed by atoms with Gasteiger partial charge in [0, 0.05) is 26.2 Å². The van der Waals surface area contributed by atoms with E-state index in [1.807, 2.05) is 12.1 Å². The highest BCUT2D eigenvalue weighted by atomic mass is 16.6. The molecule has 0 aromatic carbocycles. The van der Waals surface area contributed by atoms with Crippen LogP contribution >= 0.6 is 0 Å². The molecule has 0 aliphatic heterocycles. The first kappa shape index (κ1) is 24.4. The molecule has 2 fully saturated rings. The third-order valence-corrected chi connectivity index (χ3v) is 10.1. The standard InChI is InChI=1S/C30H40O5/c1-18(28(35-20(3)32)27-7-6-16-33-27)24-10-11-25-23-9-8-21-17-22(34-19(2)31)12-14-29(21,4)26(23)13-15-30(24,25)5/h6-8,10,16,18,22-23,25-26,28H,9,11-15,17H2,1-5H3/t18-,22-,23-,25-,26-,28-,29-,30+/m0/s1. The highest BCUT2D eigenvalue weighted by Gasteiger charge is 2.57. The molecule has 0 unspecified atom stereocenters. The van der Waals surface area contributed by atoms with Gasteiger partial charge in [-0.25, -0.2) is 0 Å². The van der Waals surface area contributed by atoms with Crippen LogP contribution in [0.25, 0.3) is 0 Å². The van der Waals surface area contributed by atoms with Crippen molar-refractivity contribution >= 4 is 11.9 Å². The van der Waals surface area contributed by atoms with Gasteiger partial charge in [0.15, 0.2) is 6.10 Å². The van der Waals surface area contributed by atoms with Gasteiger partial charge < -0.3 is 13.9 Å². The van der Waals surface area contributed by atoms with Crippen LogP contribution in [0.5, 0.6) is 0 Å². The number of ether oxygens (including phenoxy) is 2. The summed E-state index contributed by atoms with van der Waals surface area (Å²) in [7, 11) is 0. The molecule has 0 spiro atoms. The lowest BCUT2D eigenvalue weighted by Crippen LogP contribution is -2.50. The molecule has 0 N–H and O–H groups in total. The summed E-state index contributed by atoms with van der Waals surface area (Å²) in [6.45, 7) is 10.1. The Morgan fingerprint density at radius 3 is 2.49 bits per heavy atom. The molecule has 4 aliphatic rings. The number of carbonyl (C=O) groups is 2. The number of hydrogen-bond donors (Lipinski definition) is 0. The van der Waals surface area contributed by atoms with Gasteiger partial charge in [0.05, 0.1) is 6.26 Å². The lowest BCUT2D eigenvalue weighted by atomic mass is 9.47. The fraction of sp³-hybridized carbons (Fsp3) is 0.667. The molecule has 5 heteroatoms. The first-order valence-corrected chi connectivity index (χ1v) is 13.4. The van der Waals surface area contributed by atoms with Crippen LogP contribution in [0.1, 0.15) is 91.4 Å². The maximum atomic E-state index is 12.0. The Kier molecular flexibility index (Phi) is 6.26. The maximum Gasteiger partial charge on any atom is 0.303 e. The van der Waals surface area contributed by atoms with Crippen LogP contribution in [0.3, 0.4) is 0 Å². The summed E-state index contributed by atoms with van der Waals surface area (Å²) < 4.78 is 17.1. The van der Waals surface area contributed by atoms with Crippen molar-refractivity contribution in [2.75, 3.05) is 0 Å². The number of furan rings is 1. The van der Waals surface area contributed by atoms with E-state index in [9.17, 15) is 9.59 Å². The molecule has 0 radical (unpaired) electrons. The summed E-state index contributed by atoms with van der Waals surface area (Å²) in [5, 5.41) is 0. The van der Waals surface area contributed by atoms with E-state index in [0.29, 0.717) is 17.8 Å². The first-order valence-electron chi connectivity index (χ1n) is 13.4. The average molecular weight is 481 g/mol. The van der Waals surface area contributed by atoms with Crippen LogP contribution in [-0.2, 0) is 19.1 Å². The van der Waals surface area contributed by atoms with Gasteiger partial charge in [0.1, 0.15) is 11.9 Å².